The first-order valence-corrected chi connectivity index (χ1v) is 7.06. The molecule has 1 heterocycles. The van der Waals surface area contributed by atoms with Gasteiger partial charge < -0.3 is 10.1 Å². The van der Waals surface area contributed by atoms with Gasteiger partial charge in [-0.15, -0.1) is 0 Å². The van der Waals surface area contributed by atoms with E-state index in [0.717, 1.165) is 19.4 Å². The number of ether oxygens (including phenoxy) is 1. The maximum Gasteiger partial charge on any atom is 0.148 e. The Morgan fingerprint density at radius 3 is 2.79 bits per heavy atom. The van der Waals surface area contributed by atoms with E-state index in [0.29, 0.717) is 18.7 Å². The average molecular weight is 221 g/mol. The van der Waals surface area contributed by atoms with E-state index in [-0.39, 0.29) is 5.75 Å². The molecule has 0 bridgehead atoms. The molecule has 1 rings (SSSR count). The fourth-order valence-corrected chi connectivity index (χ4v) is 2.12. The van der Waals surface area contributed by atoms with E-state index in [1.807, 2.05) is 6.92 Å². The first kappa shape index (κ1) is 11.9. The maximum atomic E-state index is 10.9. The summed E-state index contributed by atoms with van der Waals surface area (Å²) in [5.41, 5.74) is 0. The predicted molar refractivity (Wildman–Crippen MR) is 56.1 cm³/mol. The van der Waals surface area contributed by atoms with Crippen LogP contribution in [-0.2, 0) is 14.6 Å². The number of sulfone groups is 1. The highest BCUT2D eigenvalue weighted by atomic mass is 32.2. The minimum absolute atomic E-state index is 0.221. The third-order valence-electron chi connectivity index (χ3n) is 2.39. The van der Waals surface area contributed by atoms with Crippen LogP contribution in [0.4, 0.5) is 0 Å². The molecule has 84 valence electrons. The van der Waals surface area contributed by atoms with E-state index in [9.17, 15) is 8.42 Å². The van der Waals surface area contributed by atoms with Crippen LogP contribution in [0.2, 0.25) is 0 Å². The van der Waals surface area contributed by atoms with Crippen LogP contribution in [0.3, 0.4) is 0 Å². The summed E-state index contributed by atoms with van der Waals surface area (Å²) in [7, 11) is -2.83. The van der Waals surface area contributed by atoms with Gasteiger partial charge in [0.2, 0.25) is 0 Å². The molecule has 2 unspecified atom stereocenters. The van der Waals surface area contributed by atoms with Crippen molar-refractivity contribution in [2.75, 3.05) is 25.2 Å². The van der Waals surface area contributed by atoms with Crippen molar-refractivity contribution in [3.05, 3.63) is 0 Å². The van der Waals surface area contributed by atoms with E-state index < -0.39 is 9.84 Å². The quantitative estimate of drug-likeness (QED) is 0.736. The van der Waals surface area contributed by atoms with Crippen LogP contribution in [0.15, 0.2) is 0 Å². The molecule has 1 saturated heterocycles. The lowest BCUT2D eigenvalue weighted by molar-refractivity contribution is 0.0137. The topological polar surface area (TPSA) is 55.4 Å². The van der Waals surface area contributed by atoms with Crippen molar-refractivity contribution >= 4 is 9.84 Å². The van der Waals surface area contributed by atoms with Crippen molar-refractivity contribution in [1.82, 2.24) is 5.32 Å². The van der Waals surface area contributed by atoms with Gasteiger partial charge in [-0.3, -0.25) is 0 Å². The second-order valence-corrected chi connectivity index (χ2v) is 6.25. The molecule has 1 N–H and O–H groups in total. The molecular formula is C9H19NO3S. The summed E-state index contributed by atoms with van der Waals surface area (Å²) in [5.74, 6) is 0.221. The lowest BCUT2D eigenvalue weighted by atomic mass is 10.0. The summed E-state index contributed by atoms with van der Waals surface area (Å²) >= 11 is 0. The van der Waals surface area contributed by atoms with Crippen LogP contribution >= 0.6 is 0 Å². The van der Waals surface area contributed by atoms with Gasteiger partial charge in [0.1, 0.15) is 9.84 Å². The Labute approximate surface area is 85.9 Å². The maximum absolute atomic E-state index is 10.9. The molecule has 1 aliphatic heterocycles. The average Bonchev–Trinajstić information content (AvgIpc) is 2.01. The van der Waals surface area contributed by atoms with Gasteiger partial charge in [-0.05, 0) is 19.8 Å². The van der Waals surface area contributed by atoms with Crippen LogP contribution in [0.1, 0.15) is 19.8 Å². The Morgan fingerprint density at radius 1 is 1.50 bits per heavy atom. The summed E-state index contributed by atoms with van der Waals surface area (Å²) < 4.78 is 27.1. The van der Waals surface area contributed by atoms with Crippen molar-refractivity contribution in [2.45, 2.75) is 31.9 Å². The van der Waals surface area contributed by atoms with Gasteiger partial charge in [-0.2, -0.15) is 0 Å². The molecule has 0 amide bonds. The molecule has 14 heavy (non-hydrogen) atoms. The SMILES string of the molecule is CC1CC(NCCS(C)(=O)=O)CCO1. The van der Waals surface area contributed by atoms with Gasteiger partial charge >= 0.3 is 0 Å². The predicted octanol–water partition coefficient (Wildman–Crippen LogP) is 0.188. The van der Waals surface area contributed by atoms with E-state index in [4.69, 9.17) is 4.74 Å². The van der Waals surface area contributed by atoms with Crippen molar-refractivity contribution < 1.29 is 13.2 Å². The molecule has 1 aliphatic rings. The van der Waals surface area contributed by atoms with Crippen molar-refractivity contribution in [3.8, 4) is 0 Å². The molecule has 0 aliphatic carbocycles. The van der Waals surface area contributed by atoms with Crippen molar-refractivity contribution in [1.29, 1.82) is 0 Å². The molecule has 0 aromatic rings. The van der Waals surface area contributed by atoms with Gasteiger partial charge in [-0.1, -0.05) is 0 Å². The zero-order valence-corrected chi connectivity index (χ0v) is 9.64. The highest BCUT2D eigenvalue weighted by Crippen LogP contribution is 2.12. The summed E-state index contributed by atoms with van der Waals surface area (Å²) in [6.07, 6.45) is 3.51. The lowest BCUT2D eigenvalue weighted by Crippen LogP contribution is -2.39. The van der Waals surface area contributed by atoms with Gasteiger partial charge in [0.25, 0.3) is 0 Å². The Hall–Kier alpha value is -0.130. The summed E-state index contributed by atoms with van der Waals surface area (Å²) in [6.45, 7) is 3.37. The Balaban J connectivity index is 2.18. The molecule has 2 atom stereocenters. The van der Waals surface area contributed by atoms with Gasteiger partial charge in [0.15, 0.2) is 0 Å². The van der Waals surface area contributed by atoms with E-state index in [2.05, 4.69) is 5.32 Å². The Kier molecular flexibility index (Phi) is 4.34. The monoisotopic (exact) mass is 221 g/mol. The molecule has 0 spiro atoms. The number of hydrogen-bond acceptors (Lipinski definition) is 4. The highest BCUT2D eigenvalue weighted by Gasteiger charge is 2.18. The molecule has 0 aromatic heterocycles. The van der Waals surface area contributed by atoms with Crippen LogP contribution in [-0.4, -0.2) is 45.7 Å². The smallest absolute Gasteiger partial charge is 0.148 e. The third-order valence-corrected chi connectivity index (χ3v) is 3.34. The molecule has 1 fully saturated rings. The summed E-state index contributed by atoms with van der Waals surface area (Å²) in [6, 6.07) is 0.417. The molecule has 4 nitrogen and oxygen atoms in total. The molecule has 0 saturated carbocycles. The van der Waals surface area contributed by atoms with E-state index in [1.165, 1.54) is 6.26 Å². The Bertz CT molecular complexity index is 263. The first-order valence-electron chi connectivity index (χ1n) is 5.00. The van der Waals surface area contributed by atoms with Gasteiger partial charge in [0, 0.05) is 25.4 Å². The Morgan fingerprint density at radius 2 is 2.21 bits per heavy atom. The largest absolute Gasteiger partial charge is 0.378 e. The molecular weight excluding hydrogens is 202 g/mol. The van der Waals surface area contributed by atoms with E-state index >= 15 is 0 Å². The van der Waals surface area contributed by atoms with Crippen LogP contribution in [0.5, 0.6) is 0 Å². The zero-order valence-electron chi connectivity index (χ0n) is 8.82. The standard InChI is InChI=1S/C9H19NO3S/c1-8-7-9(3-5-13-8)10-4-6-14(2,11)12/h8-10H,3-7H2,1-2H3. The molecule has 5 heteroatoms. The summed E-state index contributed by atoms with van der Waals surface area (Å²) in [5, 5.41) is 3.25. The van der Waals surface area contributed by atoms with E-state index in [1.54, 1.807) is 0 Å². The number of nitrogens with one attached hydrogen (secondary N) is 1. The van der Waals surface area contributed by atoms with Crippen LogP contribution in [0.25, 0.3) is 0 Å². The fraction of sp³-hybridized carbons (Fsp3) is 1.00. The minimum Gasteiger partial charge on any atom is -0.378 e. The van der Waals surface area contributed by atoms with Crippen molar-refractivity contribution in [2.24, 2.45) is 0 Å². The lowest BCUT2D eigenvalue weighted by Gasteiger charge is -2.27. The van der Waals surface area contributed by atoms with Crippen LogP contribution in [0, 0.1) is 0 Å². The first-order chi connectivity index (χ1) is 6.47. The molecule has 0 radical (unpaired) electrons. The fourth-order valence-electron chi connectivity index (χ4n) is 1.63. The minimum atomic E-state index is -2.83. The zero-order chi connectivity index (χ0) is 10.6. The normalized spacial score (nSPS) is 29.0. The van der Waals surface area contributed by atoms with Crippen LogP contribution < -0.4 is 5.32 Å². The van der Waals surface area contributed by atoms with Gasteiger partial charge in [0.05, 0.1) is 11.9 Å². The number of rotatable bonds is 4. The van der Waals surface area contributed by atoms with Crippen molar-refractivity contribution in [3.63, 3.8) is 0 Å². The van der Waals surface area contributed by atoms with Gasteiger partial charge in [-0.25, -0.2) is 8.42 Å². The second kappa shape index (κ2) is 5.09. The second-order valence-electron chi connectivity index (χ2n) is 3.99. The summed E-state index contributed by atoms with van der Waals surface area (Å²) in [4.78, 5) is 0. The third kappa shape index (κ3) is 4.93. The number of hydrogen-bond donors (Lipinski definition) is 1. The highest BCUT2D eigenvalue weighted by molar-refractivity contribution is 7.90. The molecule has 0 aromatic carbocycles.